The molecule has 0 aliphatic heterocycles. The fraction of sp³-hybridized carbons (Fsp3) is 1.00. The van der Waals surface area contributed by atoms with Crippen molar-refractivity contribution >= 4 is 10.2 Å². The Balaban J connectivity index is 4.14. The lowest BCUT2D eigenvalue weighted by Crippen LogP contribution is -2.41. The summed E-state index contributed by atoms with van der Waals surface area (Å²) >= 11 is 0. The minimum atomic E-state index is -3.57. The smallest absolute Gasteiger partial charge is 0.276 e. The summed E-state index contributed by atoms with van der Waals surface area (Å²) in [6.07, 6.45) is 0. The van der Waals surface area contributed by atoms with E-state index < -0.39 is 10.2 Å². The summed E-state index contributed by atoms with van der Waals surface area (Å²) in [5, 5.41) is 4.85. The monoisotopic (exact) mass is 182 g/mol. The number of rotatable bonds is 4. The Kier molecular flexibility index (Phi) is 3.95. The van der Waals surface area contributed by atoms with Crippen LogP contribution in [0.4, 0.5) is 0 Å². The maximum Gasteiger partial charge on any atom is 0.276 e. The fourth-order valence-electron chi connectivity index (χ4n) is 0.597. The topological polar surface area (TPSA) is 72.6 Å². The molecular weight excluding hydrogens is 168 g/mol. The van der Waals surface area contributed by atoms with E-state index in [0.717, 1.165) is 4.31 Å². The highest BCUT2D eigenvalue weighted by Crippen LogP contribution is 1.98. The van der Waals surface area contributed by atoms with Gasteiger partial charge in [0.15, 0.2) is 0 Å². The van der Waals surface area contributed by atoms with Gasteiger partial charge in [0.25, 0.3) is 10.2 Å². The number of hydrogen-bond donors (Lipinski definition) is 1. The third-order valence-corrected chi connectivity index (χ3v) is 2.59. The summed E-state index contributed by atoms with van der Waals surface area (Å²) in [7, 11) is -0.648. The Bertz CT molecular complexity index is 202. The van der Waals surface area contributed by atoms with Crippen molar-refractivity contribution in [2.24, 2.45) is 5.14 Å². The van der Waals surface area contributed by atoms with E-state index in [1.165, 1.54) is 14.2 Å². The van der Waals surface area contributed by atoms with Gasteiger partial charge in [0.05, 0.1) is 6.61 Å². The third-order valence-electron chi connectivity index (χ3n) is 1.43. The molecule has 0 radical (unpaired) electrons. The minimum absolute atomic E-state index is 0.227. The molecule has 11 heavy (non-hydrogen) atoms. The van der Waals surface area contributed by atoms with E-state index in [2.05, 4.69) is 0 Å². The molecule has 0 rings (SSSR count). The van der Waals surface area contributed by atoms with Crippen LogP contribution in [0.5, 0.6) is 0 Å². The van der Waals surface area contributed by atoms with Crippen molar-refractivity contribution < 1.29 is 13.2 Å². The summed E-state index contributed by atoms with van der Waals surface area (Å²) in [6.45, 7) is 2.06. The molecule has 0 aliphatic rings. The summed E-state index contributed by atoms with van der Waals surface area (Å²) in [5.41, 5.74) is 0. The normalized spacial score (nSPS) is 15.4. The fourth-order valence-corrected chi connectivity index (χ4v) is 1.16. The van der Waals surface area contributed by atoms with Gasteiger partial charge < -0.3 is 4.74 Å². The highest BCUT2D eigenvalue weighted by Gasteiger charge is 2.18. The molecule has 0 fully saturated rings. The Morgan fingerprint density at radius 1 is 1.64 bits per heavy atom. The summed E-state index contributed by atoms with van der Waals surface area (Å²) in [4.78, 5) is 0. The first kappa shape index (κ1) is 10.8. The maximum absolute atomic E-state index is 10.7. The molecule has 0 amide bonds. The minimum Gasteiger partial charge on any atom is -0.383 e. The van der Waals surface area contributed by atoms with Crippen molar-refractivity contribution in [1.82, 2.24) is 4.31 Å². The number of methoxy groups -OCH3 is 1. The van der Waals surface area contributed by atoms with Gasteiger partial charge in [-0.3, -0.25) is 0 Å². The predicted molar refractivity (Wildman–Crippen MR) is 42.2 cm³/mol. The van der Waals surface area contributed by atoms with Crippen LogP contribution in [0.15, 0.2) is 0 Å². The number of ether oxygens (including phenoxy) is 1. The van der Waals surface area contributed by atoms with Gasteiger partial charge in [-0.15, -0.1) is 0 Å². The lowest BCUT2D eigenvalue weighted by Gasteiger charge is -2.20. The van der Waals surface area contributed by atoms with Crippen LogP contribution in [-0.2, 0) is 14.9 Å². The molecule has 0 spiro atoms. The molecule has 0 aliphatic carbocycles. The lowest BCUT2D eigenvalue weighted by atomic mass is 10.4. The van der Waals surface area contributed by atoms with Crippen molar-refractivity contribution in [1.29, 1.82) is 0 Å². The zero-order valence-electron chi connectivity index (χ0n) is 6.94. The van der Waals surface area contributed by atoms with E-state index in [9.17, 15) is 8.42 Å². The van der Waals surface area contributed by atoms with E-state index >= 15 is 0 Å². The third kappa shape index (κ3) is 3.66. The average molecular weight is 182 g/mol. The zero-order chi connectivity index (χ0) is 9.07. The van der Waals surface area contributed by atoms with E-state index in [4.69, 9.17) is 9.88 Å². The van der Waals surface area contributed by atoms with Gasteiger partial charge in [-0.2, -0.15) is 12.7 Å². The average Bonchev–Trinajstić information content (AvgIpc) is 1.85. The molecule has 1 unspecified atom stereocenters. The zero-order valence-corrected chi connectivity index (χ0v) is 7.76. The van der Waals surface area contributed by atoms with Gasteiger partial charge in [0.2, 0.25) is 0 Å². The highest BCUT2D eigenvalue weighted by molar-refractivity contribution is 7.86. The summed E-state index contributed by atoms with van der Waals surface area (Å²) < 4.78 is 27.2. The standard InChI is InChI=1S/C5H14N2O3S/c1-5(4-10-3)7(2)11(6,8)9/h5H,4H2,1-3H3,(H2,6,8,9). The quantitative estimate of drug-likeness (QED) is 0.616. The Morgan fingerprint density at radius 2 is 2.09 bits per heavy atom. The molecule has 0 bridgehead atoms. The van der Waals surface area contributed by atoms with Crippen LogP contribution in [-0.4, -0.2) is 39.5 Å². The van der Waals surface area contributed by atoms with Crippen LogP contribution in [0.2, 0.25) is 0 Å². The first-order valence-electron chi connectivity index (χ1n) is 3.14. The van der Waals surface area contributed by atoms with E-state index in [0.29, 0.717) is 6.61 Å². The van der Waals surface area contributed by atoms with Gasteiger partial charge >= 0.3 is 0 Å². The highest BCUT2D eigenvalue weighted by atomic mass is 32.2. The van der Waals surface area contributed by atoms with Crippen LogP contribution < -0.4 is 5.14 Å². The van der Waals surface area contributed by atoms with E-state index in [1.54, 1.807) is 6.92 Å². The Morgan fingerprint density at radius 3 is 2.36 bits per heavy atom. The molecule has 2 N–H and O–H groups in total. The second-order valence-electron chi connectivity index (χ2n) is 2.37. The van der Waals surface area contributed by atoms with Crippen molar-refractivity contribution in [3.8, 4) is 0 Å². The molecular formula is C5H14N2O3S. The van der Waals surface area contributed by atoms with E-state index in [1.807, 2.05) is 0 Å². The van der Waals surface area contributed by atoms with Gasteiger partial charge in [-0.1, -0.05) is 0 Å². The molecule has 0 aromatic heterocycles. The second kappa shape index (κ2) is 4.01. The number of hydrogen-bond acceptors (Lipinski definition) is 3. The Labute approximate surface area is 67.3 Å². The van der Waals surface area contributed by atoms with Crippen molar-refractivity contribution in [2.75, 3.05) is 20.8 Å². The van der Waals surface area contributed by atoms with Crippen LogP contribution in [0, 0.1) is 0 Å². The molecule has 5 nitrogen and oxygen atoms in total. The van der Waals surface area contributed by atoms with Crippen molar-refractivity contribution in [3.05, 3.63) is 0 Å². The molecule has 0 aromatic carbocycles. The summed E-state index contributed by atoms with van der Waals surface area (Å²) in [5.74, 6) is 0. The predicted octanol–water partition coefficient (Wildman–Crippen LogP) is -0.843. The van der Waals surface area contributed by atoms with Crippen LogP contribution in [0.25, 0.3) is 0 Å². The molecule has 0 saturated carbocycles. The number of likely N-dealkylation sites (N-methyl/N-ethyl adjacent to an activating group) is 1. The van der Waals surface area contributed by atoms with Crippen molar-refractivity contribution in [3.63, 3.8) is 0 Å². The summed E-state index contributed by atoms with van der Waals surface area (Å²) in [6, 6.07) is -0.227. The second-order valence-corrected chi connectivity index (χ2v) is 3.97. The number of nitrogens with two attached hydrogens (primary N) is 1. The SMILES string of the molecule is COCC(C)N(C)S(N)(=O)=O. The molecule has 0 heterocycles. The van der Waals surface area contributed by atoms with Crippen molar-refractivity contribution in [2.45, 2.75) is 13.0 Å². The largest absolute Gasteiger partial charge is 0.383 e. The molecule has 68 valence electrons. The van der Waals surface area contributed by atoms with Crippen LogP contribution >= 0.6 is 0 Å². The van der Waals surface area contributed by atoms with Gasteiger partial charge in [0, 0.05) is 20.2 Å². The number of nitrogens with zero attached hydrogens (tertiary/aromatic N) is 1. The molecule has 1 atom stereocenters. The lowest BCUT2D eigenvalue weighted by molar-refractivity contribution is 0.149. The molecule has 0 aromatic rings. The maximum atomic E-state index is 10.7. The first-order valence-corrected chi connectivity index (χ1v) is 4.64. The first-order chi connectivity index (χ1) is 4.89. The van der Waals surface area contributed by atoms with Gasteiger partial charge in [0.1, 0.15) is 0 Å². The molecule has 6 heteroatoms. The van der Waals surface area contributed by atoms with Gasteiger partial charge in [-0.05, 0) is 6.92 Å². The van der Waals surface area contributed by atoms with Gasteiger partial charge in [-0.25, -0.2) is 5.14 Å². The molecule has 0 saturated heterocycles. The Hall–Kier alpha value is -0.170. The van der Waals surface area contributed by atoms with Crippen LogP contribution in [0.1, 0.15) is 6.92 Å². The van der Waals surface area contributed by atoms with E-state index in [-0.39, 0.29) is 6.04 Å². The van der Waals surface area contributed by atoms with Crippen LogP contribution in [0.3, 0.4) is 0 Å².